The van der Waals surface area contributed by atoms with Gasteiger partial charge in [0.1, 0.15) is 0 Å². The summed E-state index contributed by atoms with van der Waals surface area (Å²) in [6.45, 7) is 0.130. The van der Waals surface area contributed by atoms with Crippen LogP contribution >= 0.6 is 0 Å². The fraction of sp³-hybridized carbons (Fsp3) is 0.0500. The van der Waals surface area contributed by atoms with Gasteiger partial charge < -0.3 is 9.47 Å². The zero-order valence-electron chi connectivity index (χ0n) is 14.1. The van der Waals surface area contributed by atoms with E-state index >= 15 is 0 Å². The van der Waals surface area contributed by atoms with E-state index in [1.54, 1.807) is 30.5 Å². The number of aromatic nitrogens is 1. The molecule has 2 heterocycles. The van der Waals surface area contributed by atoms with E-state index < -0.39 is 11.8 Å². The lowest BCUT2D eigenvalue weighted by Gasteiger charge is -2.06. The summed E-state index contributed by atoms with van der Waals surface area (Å²) < 4.78 is 10.4. The molecule has 1 aliphatic rings. The highest BCUT2D eigenvalue weighted by molar-refractivity contribution is 5.99. The first-order valence-corrected chi connectivity index (χ1v) is 8.22. The Labute approximate surface area is 154 Å². The lowest BCUT2D eigenvalue weighted by Crippen LogP contribution is -2.40. The molecule has 2 N–H and O–H groups in total. The zero-order chi connectivity index (χ0) is 18.6. The van der Waals surface area contributed by atoms with Crippen LogP contribution in [0.1, 0.15) is 15.9 Å². The van der Waals surface area contributed by atoms with Crippen molar-refractivity contribution < 1.29 is 19.1 Å². The molecule has 0 atom stereocenters. The third-order valence-corrected chi connectivity index (χ3v) is 4.01. The minimum Gasteiger partial charge on any atom is -0.454 e. The fourth-order valence-corrected chi connectivity index (χ4v) is 2.70. The maximum Gasteiger partial charge on any atom is 0.269 e. The van der Waals surface area contributed by atoms with E-state index in [1.807, 2.05) is 30.3 Å². The molecule has 4 rings (SSSR count). The summed E-state index contributed by atoms with van der Waals surface area (Å²) in [6, 6.07) is 14.3. The molecule has 2 amide bonds. The second-order valence-corrected chi connectivity index (χ2v) is 5.77. The molecule has 1 aliphatic heterocycles. The SMILES string of the molecule is O=C(C=Cc1cccc2cccnc12)NNC(=O)c1ccc2c(c1)OCO2. The second kappa shape index (κ2) is 7.17. The molecule has 0 saturated heterocycles. The first-order valence-electron chi connectivity index (χ1n) is 8.22. The summed E-state index contributed by atoms with van der Waals surface area (Å²) in [5.41, 5.74) is 6.67. The van der Waals surface area contributed by atoms with Gasteiger partial charge in [-0.3, -0.25) is 25.4 Å². The number of hydrogen-bond donors (Lipinski definition) is 2. The molecule has 0 saturated carbocycles. The predicted octanol–water partition coefficient (Wildman–Crippen LogP) is 2.44. The van der Waals surface area contributed by atoms with Crippen LogP contribution in [0.3, 0.4) is 0 Å². The van der Waals surface area contributed by atoms with E-state index in [-0.39, 0.29) is 6.79 Å². The van der Waals surface area contributed by atoms with Gasteiger partial charge in [-0.15, -0.1) is 0 Å². The van der Waals surface area contributed by atoms with Crippen molar-refractivity contribution in [2.24, 2.45) is 0 Å². The number of amides is 2. The Morgan fingerprint density at radius 1 is 1.00 bits per heavy atom. The lowest BCUT2D eigenvalue weighted by molar-refractivity contribution is -0.117. The van der Waals surface area contributed by atoms with Crippen molar-refractivity contribution in [2.75, 3.05) is 6.79 Å². The Bertz CT molecular complexity index is 1060. The normalized spacial score (nSPS) is 12.3. The Hall–Kier alpha value is -3.87. The number of benzene rings is 2. The molecule has 134 valence electrons. The molecule has 0 fully saturated rings. The molecule has 1 aromatic heterocycles. The van der Waals surface area contributed by atoms with Gasteiger partial charge in [-0.05, 0) is 30.3 Å². The average Bonchev–Trinajstić information content (AvgIpc) is 3.18. The molecule has 3 aromatic rings. The van der Waals surface area contributed by atoms with Crippen molar-refractivity contribution in [1.82, 2.24) is 15.8 Å². The highest BCUT2D eigenvalue weighted by Crippen LogP contribution is 2.32. The number of nitrogens with zero attached hydrogens (tertiary/aromatic N) is 1. The Morgan fingerprint density at radius 2 is 1.85 bits per heavy atom. The Kier molecular flexibility index (Phi) is 4.40. The molecule has 0 bridgehead atoms. The molecule has 2 aromatic carbocycles. The minimum atomic E-state index is -0.461. The summed E-state index contributed by atoms with van der Waals surface area (Å²) in [5, 5.41) is 0.983. The van der Waals surface area contributed by atoms with Gasteiger partial charge in [0.05, 0.1) is 5.52 Å². The molecule has 0 aliphatic carbocycles. The topological polar surface area (TPSA) is 89.6 Å². The first-order chi connectivity index (χ1) is 13.2. The van der Waals surface area contributed by atoms with Crippen LogP contribution in [0.2, 0.25) is 0 Å². The van der Waals surface area contributed by atoms with Crippen LogP contribution in [0.5, 0.6) is 11.5 Å². The molecule has 7 heteroatoms. The van der Waals surface area contributed by atoms with Gasteiger partial charge in [0.2, 0.25) is 6.79 Å². The largest absolute Gasteiger partial charge is 0.454 e. The van der Waals surface area contributed by atoms with Crippen molar-refractivity contribution in [3.63, 3.8) is 0 Å². The van der Waals surface area contributed by atoms with Crippen molar-refractivity contribution in [3.8, 4) is 11.5 Å². The minimum absolute atomic E-state index is 0.130. The van der Waals surface area contributed by atoms with Gasteiger partial charge in [-0.2, -0.15) is 0 Å². The van der Waals surface area contributed by atoms with Crippen LogP contribution in [0.4, 0.5) is 0 Å². The molecular weight excluding hydrogens is 346 g/mol. The third kappa shape index (κ3) is 3.57. The van der Waals surface area contributed by atoms with Crippen LogP contribution in [-0.2, 0) is 4.79 Å². The van der Waals surface area contributed by atoms with Crippen molar-refractivity contribution in [2.45, 2.75) is 0 Å². The van der Waals surface area contributed by atoms with E-state index in [0.717, 1.165) is 16.5 Å². The standard InChI is InChI=1S/C20H15N3O4/c24-18(9-7-14-4-1-3-13-5-2-10-21-19(13)14)22-23-20(25)15-6-8-16-17(11-15)27-12-26-16/h1-11H,12H2,(H,22,24)(H,23,25). The zero-order valence-corrected chi connectivity index (χ0v) is 14.1. The first kappa shape index (κ1) is 16.6. The molecule has 0 spiro atoms. The van der Waals surface area contributed by atoms with E-state index in [2.05, 4.69) is 15.8 Å². The lowest BCUT2D eigenvalue weighted by atomic mass is 10.1. The van der Waals surface area contributed by atoms with Gasteiger partial charge >= 0.3 is 0 Å². The number of hydrazine groups is 1. The maximum atomic E-state index is 12.1. The van der Waals surface area contributed by atoms with Crippen molar-refractivity contribution in [1.29, 1.82) is 0 Å². The average molecular weight is 361 g/mol. The maximum absolute atomic E-state index is 12.1. The van der Waals surface area contributed by atoms with E-state index in [4.69, 9.17) is 9.47 Å². The number of hydrogen-bond acceptors (Lipinski definition) is 5. The molecule has 27 heavy (non-hydrogen) atoms. The number of pyridine rings is 1. The highest BCUT2D eigenvalue weighted by Gasteiger charge is 2.16. The van der Waals surface area contributed by atoms with Gasteiger partial charge in [0, 0.05) is 28.8 Å². The number of para-hydroxylation sites is 1. The predicted molar refractivity (Wildman–Crippen MR) is 99.0 cm³/mol. The van der Waals surface area contributed by atoms with E-state index in [1.165, 1.54) is 6.08 Å². The summed E-state index contributed by atoms with van der Waals surface area (Å²) in [7, 11) is 0. The molecule has 0 unspecified atom stereocenters. The quantitative estimate of drug-likeness (QED) is 0.552. The van der Waals surface area contributed by atoms with Gasteiger partial charge in [-0.25, -0.2) is 0 Å². The number of carbonyl (C=O) groups excluding carboxylic acids is 2. The van der Waals surface area contributed by atoms with Gasteiger partial charge in [0.25, 0.3) is 11.8 Å². The number of fused-ring (bicyclic) bond motifs is 2. The Morgan fingerprint density at radius 3 is 2.78 bits per heavy atom. The summed E-state index contributed by atoms with van der Waals surface area (Å²) in [6.07, 6.45) is 4.69. The van der Waals surface area contributed by atoms with Gasteiger partial charge in [-0.1, -0.05) is 24.3 Å². The molecular formula is C20H15N3O4. The van der Waals surface area contributed by atoms with Crippen LogP contribution in [-0.4, -0.2) is 23.6 Å². The van der Waals surface area contributed by atoms with Crippen LogP contribution < -0.4 is 20.3 Å². The number of rotatable bonds is 3. The highest BCUT2D eigenvalue weighted by atomic mass is 16.7. The fourth-order valence-electron chi connectivity index (χ4n) is 2.70. The summed E-state index contributed by atoms with van der Waals surface area (Å²) in [5.74, 6) is 0.165. The van der Waals surface area contributed by atoms with E-state index in [9.17, 15) is 9.59 Å². The van der Waals surface area contributed by atoms with Crippen molar-refractivity contribution >= 4 is 28.8 Å². The number of carbonyl (C=O) groups is 2. The number of ether oxygens (including phenoxy) is 2. The summed E-state index contributed by atoms with van der Waals surface area (Å²) >= 11 is 0. The van der Waals surface area contributed by atoms with E-state index in [0.29, 0.717) is 17.1 Å². The number of nitrogens with one attached hydrogen (secondary N) is 2. The van der Waals surface area contributed by atoms with Gasteiger partial charge in [0.15, 0.2) is 11.5 Å². The van der Waals surface area contributed by atoms with Crippen LogP contribution in [0, 0.1) is 0 Å². The monoisotopic (exact) mass is 361 g/mol. The van der Waals surface area contributed by atoms with Crippen molar-refractivity contribution in [3.05, 3.63) is 71.9 Å². The molecule has 7 nitrogen and oxygen atoms in total. The smallest absolute Gasteiger partial charge is 0.269 e. The van der Waals surface area contributed by atoms with Crippen LogP contribution in [0.25, 0.3) is 17.0 Å². The Balaban J connectivity index is 1.39. The second-order valence-electron chi connectivity index (χ2n) is 5.77. The third-order valence-electron chi connectivity index (χ3n) is 4.01. The van der Waals surface area contributed by atoms with Crippen LogP contribution in [0.15, 0.2) is 60.8 Å². The summed E-state index contributed by atoms with van der Waals surface area (Å²) in [4.78, 5) is 28.5. The molecule has 0 radical (unpaired) electrons.